The van der Waals surface area contributed by atoms with Crippen LogP contribution < -0.4 is 5.32 Å². The molecule has 0 aromatic carbocycles. The molecular formula is C43H81NO8. The largest absolute Gasteiger partial charge is 0.394 e. The third-order valence-electron chi connectivity index (χ3n) is 10.3. The number of rotatable bonds is 35. The van der Waals surface area contributed by atoms with Crippen molar-refractivity contribution >= 4 is 5.91 Å². The van der Waals surface area contributed by atoms with E-state index in [0.29, 0.717) is 12.8 Å². The van der Waals surface area contributed by atoms with Gasteiger partial charge in [0.05, 0.1) is 25.4 Å². The number of aliphatic hydroxyl groups excluding tert-OH is 5. The SMILES string of the molecule is CCCCCCCC/C=C\C/C=C\CCC(=O)NC(COC1OC(CO)C(O)C(O)C1O)C(O)CCCCCCCCCCCCCCCCCC. The van der Waals surface area contributed by atoms with E-state index in [9.17, 15) is 30.3 Å². The van der Waals surface area contributed by atoms with Crippen LogP contribution in [0.15, 0.2) is 24.3 Å². The summed E-state index contributed by atoms with van der Waals surface area (Å²) in [5, 5.41) is 54.1. The van der Waals surface area contributed by atoms with Gasteiger partial charge in [-0.25, -0.2) is 0 Å². The Balaban J connectivity index is 2.40. The Bertz CT molecular complexity index is 868. The lowest BCUT2D eigenvalue weighted by Gasteiger charge is -2.40. The van der Waals surface area contributed by atoms with Crippen molar-refractivity contribution < 1.29 is 39.8 Å². The number of carbonyl (C=O) groups excluding carboxylic acids is 1. The van der Waals surface area contributed by atoms with Gasteiger partial charge >= 0.3 is 0 Å². The van der Waals surface area contributed by atoms with Gasteiger partial charge in [0.2, 0.25) is 5.91 Å². The first-order valence-corrected chi connectivity index (χ1v) is 21.5. The predicted molar refractivity (Wildman–Crippen MR) is 212 cm³/mol. The number of nitrogens with one attached hydrogen (secondary N) is 1. The number of ether oxygens (including phenoxy) is 2. The lowest BCUT2D eigenvalue weighted by molar-refractivity contribution is -0.302. The van der Waals surface area contributed by atoms with E-state index in [1.165, 1.54) is 122 Å². The van der Waals surface area contributed by atoms with Crippen LogP contribution in [0.1, 0.15) is 187 Å². The Kier molecular flexibility index (Phi) is 32.0. The van der Waals surface area contributed by atoms with Crippen molar-refractivity contribution in [1.82, 2.24) is 5.32 Å². The Hall–Kier alpha value is -1.33. The van der Waals surface area contributed by atoms with Gasteiger partial charge in [-0.05, 0) is 32.1 Å². The molecule has 7 unspecified atom stereocenters. The molecule has 1 fully saturated rings. The van der Waals surface area contributed by atoms with Crippen molar-refractivity contribution in [1.29, 1.82) is 0 Å². The van der Waals surface area contributed by atoms with E-state index in [1.54, 1.807) is 0 Å². The third kappa shape index (κ3) is 24.9. The first kappa shape index (κ1) is 48.7. The molecule has 0 saturated carbocycles. The van der Waals surface area contributed by atoms with Gasteiger partial charge in [-0.3, -0.25) is 4.79 Å². The average Bonchev–Trinajstić information content (AvgIpc) is 3.14. The quantitative estimate of drug-likeness (QED) is 0.0281. The highest BCUT2D eigenvalue weighted by molar-refractivity contribution is 5.76. The van der Waals surface area contributed by atoms with E-state index < -0.39 is 49.5 Å². The molecule has 1 aliphatic rings. The third-order valence-corrected chi connectivity index (χ3v) is 10.3. The molecule has 9 nitrogen and oxygen atoms in total. The second kappa shape index (κ2) is 34.2. The monoisotopic (exact) mass is 740 g/mol. The van der Waals surface area contributed by atoms with Crippen LogP contribution in [-0.4, -0.2) is 87.5 Å². The standard InChI is InChI=1S/C43H81NO8/c1-3-5-7-9-11-13-15-17-18-19-21-22-24-26-28-30-32-37(46)36(35-51-43-42(50)41(49)40(48)38(34-45)52-43)44-39(47)33-31-29-27-25-23-20-16-14-12-10-8-6-4-2/h20,23,27,29,36-38,40-43,45-46,48-50H,3-19,21-22,24-26,28,30-35H2,1-2H3,(H,44,47)/b23-20-,29-27-. The number of aliphatic hydroxyl groups is 5. The summed E-state index contributed by atoms with van der Waals surface area (Å²) >= 11 is 0. The number of hydrogen-bond acceptors (Lipinski definition) is 8. The maximum atomic E-state index is 12.9. The number of unbranched alkanes of at least 4 members (excludes halogenated alkanes) is 21. The van der Waals surface area contributed by atoms with Crippen molar-refractivity contribution in [2.75, 3.05) is 13.2 Å². The summed E-state index contributed by atoms with van der Waals surface area (Å²) in [6.07, 6.45) is 31.9. The predicted octanol–water partition coefficient (Wildman–Crippen LogP) is 8.33. The molecule has 0 spiro atoms. The Morgan fingerprint density at radius 3 is 1.65 bits per heavy atom. The van der Waals surface area contributed by atoms with Crippen LogP contribution in [0.3, 0.4) is 0 Å². The van der Waals surface area contributed by atoms with Crippen LogP contribution >= 0.6 is 0 Å². The summed E-state index contributed by atoms with van der Waals surface area (Å²) in [5.74, 6) is -0.211. The molecule has 6 N–H and O–H groups in total. The van der Waals surface area contributed by atoms with Gasteiger partial charge in [-0.15, -0.1) is 0 Å². The molecule has 1 heterocycles. The topological polar surface area (TPSA) is 149 Å². The second-order valence-electron chi connectivity index (χ2n) is 15.1. The maximum absolute atomic E-state index is 12.9. The fraction of sp³-hybridized carbons (Fsp3) is 0.884. The Labute approximate surface area is 318 Å². The van der Waals surface area contributed by atoms with E-state index in [0.717, 1.165) is 32.1 Å². The van der Waals surface area contributed by atoms with Gasteiger partial charge in [0.25, 0.3) is 0 Å². The van der Waals surface area contributed by atoms with Crippen LogP contribution in [0, 0.1) is 0 Å². The lowest BCUT2D eigenvalue weighted by atomic mass is 9.99. The fourth-order valence-electron chi connectivity index (χ4n) is 6.80. The molecule has 306 valence electrons. The average molecular weight is 740 g/mol. The summed E-state index contributed by atoms with van der Waals surface area (Å²) in [6.45, 7) is 3.78. The molecule has 1 saturated heterocycles. The smallest absolute Gasteiger partial charge is 0.220 e. The van der Waals surface area contributed by atoms with Gasteiger partial charge < -0.3 is 40.3 Å². The van der Waals surface area contributed by atoms with Gasteiger partial charge in [0.1, 0.15) is 24.4 Å². The van der Waals surface area contributed by atoms with Crippen LogP contribution in [-0.2, 0) is 14.3 Å². The highest BCUT2D eigenvalue weighted by Crippen LogP contribution is 2.23. The molecule has 0 radical (unpaired) electrons. The summed E-state index contributed by atoms with van der Waals surface area (Å²) in [4.78, 5) is 12.9. The number of amides is 1. The molecule has 9 heteroatoms. The van der Waals surface area contributed by atoms with Crippen LogP contribution in [0.25, 0.3) is 0 Å². The summed E-state index contributed by atoms with van der Waals surface area (Å²) in [7, 11) is 0. The first-order valence-electron chi connectivity index (χ1n) is 21.5. The zero-order chi connectivity index (χ0) is 38.1. The van der Waals surface area contributed by atoms with E-state index in [4.69, 9.17) is 9.47 Å². The second-order valence-corrected chi connectivity index (χ2v) is 15.1. The molecule has 1 rings (SSSR count). The van der Waals surface area contributed by atoms with Crippen molar-refractivity contribution in [3.63, 3.8) is 0 Å². The molecule has 52 heavy (non-hydrogen) atoms. The van der Waals surface area contributed by atoms with Gasteiger partial charge in [-0.2, -0.15) is 0 Å². The minimum absolute atomic E-state index is 0.159. The highest BCUT2D eigenvalue weighted by atomic mass is 16.7. The lowest BCUT2D eigenvalue weighted by Crippen LogP contribution is -2.60. The van der Waals surface area contributed by atoms with Crippen molar-refractivity contribution in [3.8, 4) is 0 Å². The molecule has 1 amide bonds. The Morgan fingerprint density at radius 1 is 0.654 bits per heavy atom. The van der Waals surface area contributed by atoms with Crippen LogP contribution in [0.5, 0.6) is 0 Å². The number of carbonyl (C=O) groups is 1. The van der Waals surface area contributed by atoms with E-state index in [-0.39, 0.29) is 18.9 Å². The molecular weight excluding hydrogens is 658 g/mol. The molecule has 0 aromatic heterocycles. The first-order chi connectivity index (χ1) is 25.3. The van der Waals surface area contributed by atoms with Crippen molar-refractivity contribution in [3.05, 3.63) is 24.3 Å². The van der Waals surface area contributed by atoms with Gasteiger partial charge in [0, 0.05) is 6.42 Å². The van der Waals surface area contributed by atoms with Crippen molar-refractivity contribution in [2.24, 2.45) is 0 Å². The number of allylic oxidation sites excluding steroid dienone is 4. The summed E-state index contributed by atoms with van der Waals surface area (Å²) in [5.41, 5.74) is 0. The van der Waals surface area contributed by atoms with Gasteiger partial charge in [0.15, 0.2) is 6.29 Å². The normalized spacial score (nSPS) is 22.0. The van der Waals surface area contributed by atoms with E-state index in [1.807, 2.05) is 6.08 Å². The van der Waals surface area contributed by atoms with E-state index in [2.05, 4.69) is 37.4 Å². The minimum Gasteiger partial charge on any atom is -0.394 e. The van der Waals surface area contributed by atoms with Gasteiger partial charge in [-0.1, -0.05) is 173 Å². The highest BCUT2D eigenvalue weighted by Gasteiger charge is 2.44. The zero-order valence-corrected chi connectivity index (χ0v) is 33.3. The molecule has 7 atom stereocenters. The summed E-state index contributed by atoms with van der Waals surface area (Å²) in [6, 6.07) is -0.745. The zero-order valence-electron chi connectivity index (χ0n) is 33.3. The Morgan fingerprint density at radius 2 is 1.13 bits per heavy atom. The van der Waals surface area contributed by atoms with E-state index >= 15 is 0 Å². The van der Waals surface area contributed by atoms with Crippen LogP contribution in [0.4, 0.5) is 0 Å². The fourth-order valence-corrected chi connectivity index (χ4v) is 6.80. The van der Waals surface area contributed by atoms with Crippen molar-refractivity contribution in [2.45, 2.75) is 230 Å². The molecule has 1 aliphatic heterocycles. The van der Waals surface area contributed by atoms with Crippen LogP contribution in [0.2, 0.25) is 0 Å². The minimum atomic E-state index is -1.56. The maximum Gasteiger partial charge on any atom is 0.220 e. The number of hydrogen-bond donors (Lipinski definition) is 6. The molecule has 0 aliphatic carbocycles. The summed E-state index contributed by atoms with van der Waals surface area (Å²) < 4.78 is 11.2. The molecule has 0 bridgehead atoms. The molecule has 0 aromatic rings.